The van der Waals surface area contributed by atoms with Crippen molar-refractivity contribution in [1.29, 1.82) is 0 Å². The summed E-state index contributed by atoms with van der Waals surface area (Å²) in [7, 11) is 0. The molecule has 18 heavy (non-hydrogen) atoms. The van der Waals surface area contributed by atoms with Gasteiger partial charge in [-0.1, -0.05) is 12.8 Å². The van der Waals surface area contributed by atoms with Gasteiger partial charge in [0.2, 0.25) is 11.8 Å². The van der Waals surface area contributed by atoms with Crippen molar-refractivity contribution in [2.45, 2.75) is 64.6 Å². The summed E-state index contributed by atoms with van der Waals surface area (Å²) in [6, 6.07) is 0.292. The predicted molar refractivity (Wildman–Crippen MR) is 72.6 cm³/mol. The minimum atomic E-state index is -0.152. The number of rotatable bonds is 4. The molecule has 0 spiro atoms. The van der Waals surface area contributed by atoms with Crippen molar-refractivity contribution in [3.63, 3.8) is 0 Å². The van der Waals surface area contributed by atoms with Gasteiger partial charge in [-0.2, -0.15) is 0 Å². The monoisotopic (exact) mass is 274 g/mol. The zero-order valence-electron chi connectivity index (χ0n) is 11.4. The fourth-order valence-electron chi connectivity index (χ4n) is 2.84. The van der Waals surface area contributed by atoms with Crippen LogP contribution in [-0.4, -0.2) is 40.7 Å². The Balaban J connectivity index is 2.79. The Morgan fingerprint density at radius 2 is 1.94 bits per heavy atom. The van der Waals surface area contributed by atoms with E-state index < -0.39 is 0 Å². The molecule has 4 nitrogen and oxygen atoms in total. The van der Waals surface area contributed by atoms with Gasteiger partial charge >= 0.3 is 0 Å². The van der Waals surface area contributed by atoms with E-state index in [0.717, 1.165) is 25.7 Å². The molecule has 5 heteroatoms. The van der Waals surface area contributed by atoms with E-state index >= 15 is 0 Å². The van der Waals surface area contributed by atoms with Gasteiger partial charge in [0.15, 0.2) is 0 Å². The van der Waals surface area contributed by atoms with E-state index in [2.05, 4.69) is 5.32 Å². The SMILES string of the molecule is CC(=O)N(C(C)C)[C@@H]1CCCC[C@H]1NC(=O)CCl. The van der Waals surface area contributed by atoms with Gasteiger partial charge < -0.3 is 10.2 Å². The quantitative estimate of drug-likeness (QED) is 0.796. The van der Waals surface area contributed by atoms with Crippen LogP contribution in [0.25, 0.3) is 0 Å². The standard InChI is InChI=1S/C13H23ClN2O2/c1-9(2)16(10(3)17)12-7-5-4-6-11(12)15-13(18)8-14/h9,11-12H,4-8H2,1-3H3,(H,15,18)/t11-,12-/m1/s1. The molecular formula is C13H23ClN2O2. The lowest BCUT2D eigenvalue weighted by Gasteiger charge is -2.42. The van der Waals surface area contributed by atoms with Gasteiger partial charge in [0.1, 0.15) is 5.88 Å². The van der Waals surface area contributed by atoms with Crippen LogP contribution in [0.5, 0.6) is 0 Å². The summed E-state index contributed by atoms with van der Waals surface area (Å²) in [5, 5.41) is 2.94. The number of hydrogen-bond acceptors (Lipinski definition) is 2. The summed E-state index contributed by atoms with van der Waals surface area (Å²) >= 11 is 5.53. The highest BCUT2D eigenvalue weighted by Crippen LogP contribution is 2.25. The summed E-state index contributed by atoms with van der Waals surface area (Å²) < 4.78 is 0. The molecule has 0 unspecified atom stereocenters. The van der Waals surface area contributed by atoms with Crippen LogP contribution in [0.1, 0.15) is 46.5 Å². The summed E-state index contributed by atoms with van der Waals surface area (Å²) in [5.74, 6) is -0.104. The normalized spacial score (nSPS) is 23.8. The van der Waals surface area contributed by atoms with E-state index in [0.29, 0.717) is 0 Å². The first kappa shape index (κ1) is 15.3. The smallest absolute Gasteiger partial charge is 0.235 e. The number of carbonyl (C=O) groups excluding carboxylic acids is 2. The van der Waals surface area contributed by atoms with Crippen LogP contribution < -0.4 is 5.32 Å². The van der Waals surface area contributed by atoms with Crippen molar-refractivity contribution < 1.29 is 9.59 Å². The van der Waals surface area contributed by atoms with Crippen molar-refractivity contribution in [3.05, 3.63) is 0 Å². The molecule has 0 aliphatic heterocycles. The lowest BCUT2D eigenvalue weighted by molar-refractivity contribution is -0.135. The summed E-state index contributed by atoms with van der Waals surface area (Å²) in [6.07, 6.45) is 4.07. The highest BCUT2D eigenvalue weighted by Gasteiger charge is 2.33. The van der Waals surface area contributed by atoms with Gasteiger partial charge in [0.25, 0.3) is 0 Å². The van der Waals surface area contributed by atoms with Crippen LogP contribution in [0.3, 0.4) is 0 Å². The van der Waals surface area contributed by atoms with Crippen molar-refractivity contribution >= 4 is 23.4 Å². The summed E-state index contributed by atoms with van der Waals surface area (Å²) in [6.45, 7) is 5.61. The molecule has 1 aliphatic carbocycles. The minimum absolute atomic E-state index is 0.0228. The molecule has 2 atom stereocenters. The number of alkyl halides is 1. The molecule has 0 aromatic rings. The van der Waals surface area contributed by atoms with Crippen molar-refractivity contribution in [2.75, 3.05) is 5.88 Å². The van der Waals surface area contributed by atoms with E-state index in [1.54, 1.807) is 6.92 Å². The summed E-state index contributed by atoms with van der Waals surface area (Å²) in [5.41, 5.74) is 0. The van der Waals surface area contributed by atoms with Crippen molar-refractivity contribution in [2.24, 2.45) is 0 Å². The van der Waals surface area contributed by atoms with E-state index in [1.807, 2.05) is 18.7 Å². The summed E-state index contributed by atoms with van der Waals surface area (Å²) in [4.78, 5) is 25.1. The third-order valence-electron chi connectivity index (χ3n) is 3.47. The lowest BCUT2D eigenvalue weighted by atomic mass is 9.88. The molecule has 1 N–H and O–H groups in total. The maximum atomic E-state index is 11.8. The fraction of sp³-hybridized carbons (Fsp3) is 0.846. The van der Waals surface area contributed by atoms with E-state index in [1.165, 1.54) is 0 Å². The Kier molecular flexibility index (Phi) is 5.93. The molecule has 0 aromatic heterocycles. The minimum Gasteiger partial charge on any atom is -0.350 e. The highest BCUT2D eigenvalue weighted by molar-refractivity contribution is 6.27. The molecule has 1 aliphatic rings. The van der Waals surface area contributed by atoms with E-state index in [9.17, 15) is 9.59 Å². The topological polar surface area (TPSA) is 49.4 Å². The number of carbonyl (C=O) groups is 2. The Hall–Kier alpha value is -0.770. The average molecular weight is 275 g/mol. The Morgan fingerprint density at radius 1 is 1.33 bits per heavy atom. The third-order valence-corrected chi connectivity index (χ3v) is 3.72. The molecule has 1 fully saturated rings. The maximum Gasteiger partial charge on any atom is 0.235 e. The molecule has 0 bridgehead atoms. The number of halogens is 1. The molecule has 1 rings (SSSR count). The number of hydrogen-bond donors (Lipinski definition) is 1. The second-order valence-electron chi connectivity index (χ2n) is 5.18. The number of amides is 2. The predicted octanol–water partition coefficient (Wildman–Crippen LogP) is 1.91. The van der Waals surface area contributed by atoms with Crippen molar-refractivity contribution in [3.8, 4) is 0 Å². The second kappa shape index (κ2) is 6.98. The first-order valence-corrected chi connectivity index (χ1v) is 7.15. The second-order valence-corrected chi connectivity index (χ2v) is 5.45. The lowest BCUT2D eigenvalue weighted by Crippen LogP contribution is -2.56. The van der Waals surface area contributed by atoms with Gasteiger partial charge in [0, 0.05) is 19.0 Å². The maximum absolute atomic E-state index is 11.8. The van der Waals surface area contributed by atoms with E-state index in [-0.39, 0.29) is 35.8 Å². The van der Waals surface area contributed by atoms with Gasteiger partial charge in [0.05, 0.1) is 6.04 Å². The fourth-order valence-corrected chi connectivity index (χ4v) is 2.92. The average Bonchev–Trinajstić information content (AvgIpc) is 2.30. The molecule has 0 aromatic carbocycles. The third kappa shape index (κ3) is 3.87. The van der Waals surface area contributed by atoms with Crippen LogP contribution >= 0.6 is 11.6 Å². The molecule has 0 heterocycles. The largest absolute Gasteiger partial charge is 0.350 e. The van der Waals surface area contributed by atoms with Crippen LogP contribution in [0.15, 0.2) is 0 Å². The first-order chi connectivity index (χ1) is 8.47. The van der Waals surface area contributed by atoms with E-state index in [4.69, 9.17) is 11.6 Å². The molecule has 0 saturated heterocycles. The van der Waals surface area contributed by atoms with Gasteiger partial charge in [-0.25, -0.2) is 0 Å². The Labute approximate surface area is 114 Å². The Bertz CT molecular complexity index is 307. The van der Waals surface area contributed by atoms with Gasteiger partial charge in [-0.15, -0.1) is 11.6 Å². The molecule has 0 radical (unpaired) electrons. The molecule has 104 valence electrons. The molecule has 2 amide bonds. The number of nitrogens with zero attached hydrogens (tertiary/aromatic N) is 1. The zero-order chi connectivity index (χ0) is 13.7. The first-order valence-electron chi connectivity index (χ1n) is 6.61. The Morgan fingerprint density at radius 3 is 2.44 bits per heavy atom. The number of nitrogens with one attached hydrogen (secondary N) is 1. The highest BCUT2D eigenvalue weighted by atomic mass is 35.5. The molecular weight excluding hydrogens is 252 g/mol. The van der Waals surface area contributed by atoms with Crippen LogP contribution in [0, 0.1) is 0 Å². The van der Waals surface area contributed by atoms with Gasteiger partial charge in [-0.3, -0.25) is 9.59 Å². The van der Waals surface area contributed by atoms with Gasteiger partial charge in [-0.05, 0) is 26.7 Å². The van der Waals surface area contributed by atoms with Crippen molar-refractivity contribution in [1.82, 2.24) is 10.2 Å². The van der Waals surface area contributed by atoms with Crippen LogP contribution in [0.2, 0.25) is 0 Å². The van der Waals surface area contributed by atoms with Crippen LogP contribution in [0.4, 0.5) is 0 Å². The molecule has 1 saturated carbocycles. The van der Waals surface area contributed by atoms with Crippen LogP contribution in [-0.2, 0) is 9.59 Å². The zero-order valence-corrected chi connectivity index (χ0v) is 12.2.